The molecule has 1 saturated heterocycles. The molecule has 0 aromatic carbocycles. The van der Waals surface area contributed by atoms with Crippen molar-refractivity contribution in [2.24, 2.45) is 0 Å². The number of nitrogens with zero attached hydrogens (tertiary/aromatic N) is 1. The zero-order valence-corrected chi connectivity index (χ0v) is 10.4. The van der Waals surface area contributed by atoms with Crippen molar-refractivity contribution in [2.45, 2.75) is 38.6 Å². The Balaban J connectivity index is 2.05. The van der Waals surface area contributed by atoms with Crippen LogP contribution in [0.3, 0.4) is 0 Å². The number of hydrogen-bond donors (Lipinski definition) is 2. The molecule has 1 aliphatic heterocycles. The van der Waals surface area contributed by atoms with Gasteiger partial charge >= 0.3 is 0 Å². The maximum Gasteiger partial charge on any atom is 0.244 e. The number of rotatable bonds is 2. The lowest BCUT2D eigenvalue weighted by molar-refractivity contribution is -0.122. The van der Waals surface area contributed by atoms with Gasteiger partial charge in [0.05, 0.1) is 17.4 Å². The predicted octanol–water partition coefficient (Wildman–Crippen LogP) is 1.86. The third kappa shape index (κ3) is 2.82. The Hall–Kier alpha value is -1.42. The molecular formula is C13H19N3O. The summed E-state index contributed by atoms with van der Waals surface area (Å²) in [4.78, 5) is 16.3. The van der Waals surface area contributed by atoms with E-state index in [1.54, 1.807) is 12.4 Å². The first kappa shape index (κ1) is 12.0. The van der Waals surface area contributed by atoms with Crippen molar-refractivity contribution in [3.63, 3.8) is 0 Å². The summed E-state index contributed by atoms with van der Waals surface area (Å²) in [5.74, 6) is 0.0320. The van der Waals surface area contributed by atoms with Gasteiger partial charge in [0, 0.05) is 6.20 Å². The summed E-state index contributed by atoms with van der Waals surface area (Å²) in [5.41, 5.74) is 1.37. The Morgan fingerprint density at radius 1 is 1.47 bits per heavy atom. The number of aromatic nitrogens is 1. The number of carbonyl (C=O) groups excluding carboxylic acids is 1. The zero-order valence-electron chi connectivity index (χ0n) is 10.4. The lowest BCUT2D eigenvalue weighted by atomic mass is 9.90. The molecule has 4 nitrogen and oxygen atoms in total. The van der Waals surface area contributed by atoms with Crippen molar-refractivity contribution >= 4 is 11.6 Å². The van der Waals surface area contributed by atoms with Crippen LogP contribution in [0.5, 0.6) is 0 Å². The van der Waals surface area contributed by atoms with Crippen LogP contribution in [-0.4, -0.2) is 23.0 Å². The second-order valence-corrected chi connectivity index (χ2v) is 4.92. The van der Waals surface area contributed by atoms with E-state index < -0.39 is 5.54 Å². The van der Waals surface area contributed by atoms with Crippen LogP contribution in [0.15, 0.2) is 18.5 Å². The molecule has 2 rings (SSSR count). The van der Waals surface area contributed by atoms with Gasteiger partial charge in [-0.2, -0.15) is 0 Å². The van der Waals surface area contributed by atoms with E-state index in [-0.39, 0.29) is 5.91 Å². The van der Waals surface area contributed by atoms with E-state index in [1.165, 1.54) is 0 Å². The molecule has 1 atom stereocenters. The van der Waals surface area contributed by atoms with Gasteiger partial charge in [-0.25, -0.2) is 0 Å². The van der Waals surface area contributed by atoms with Crippen LogP contribution in [0.1, 0.15) is 31.7 Å². The van der Waals surface area contributed by atoms with Gasteiger partial charge in [-0.3, -0.25) is 9.78 Å². The summed E-state index contributed by atoms with van der Waals surface area (Å²) in [6.07, 6.45) is 6.59. The first-order valence-corrected chi connectivity index (χ1v) is 6.08. The normalized spacial score (nSPS) is 24.4. The van der Waals surface area contributed by atoms with Crippen molar-refractivity contribution in [3.05, 3.63) is 24.0 Å². The molecule has 1 unspecified atom stereocenters. The van der Waals surface area contributed by atoms with Gasteiger partial charge in [-0.05, 0) is 51.3 Å². The number of hydrogen-bond acceptors (Lipinski definition) is 3. The molecule has 1 aliphatic rings. The van der Waals surface area contributed by atoms with Gasteiger partial charge in [0.1, 0.15) is 0 Å². The topological polar surface area (TPSA) is 54.0 Å². The molecular weight excluding hydrogens is 214 g/mol. The second kappa shape index (κ2) is 4.84. The first-order chi connectivity index (χ1) is 8.10. The maximum atomic E-state index is 12.2. The molecule has 92 valence electrons. The summed E-state index contributed by atoms with van der Waals surface area (Å²) >= 11 is 0. The Kier molecular flexibility index (Phi) is 3.43. The largest absolute Gasteiger partial charge is 0.323 e. The highest BCUT2D eigenvalue weighted by molar-refractivity contribution is 5.97. The molecule has 0 aliphatic carbocycles. The molecule has 0 bridgehead atoms. The SMILES string of the molecule is Cc1cncc(NC(=O)C2(C)CCCCN2)c1. The maximum absolute atomic E-state index is 12.2. The molecule has 0 spiro atoms. The number of pyridine rings is 1. The van der Waals surface area contributed by atoms with E-state index >= 15 is 0 Å². The Morgan fingerprint density at radius 3 is 2.94 bits per heavy atom. The van der Waals surface area contributed by atoms with Crippen molar-refractivity contribution in [3.8, 4) is 0 Å². The standard InChI is InChI=1S/C13H19N3O/c1-10-7-11(9-14-8-10)16-12(17)13(2)5-3-4-6-15-13/h7-9,15H,3-6H2,1-2H3,(H,16,17). The minimum atomic E-state index is -0.442. The lowest BCUT2D eigenvalue weighted by Crippen LogP contribution is -2.54. The van der Waals surface area contributed by atoms with E-state index in [0.29, 0.717) is 0 Å². The third-order valence-corrected chi connectivity index (χ3v) is 3.25. The highest BCUT2D eigenvalue weighted by Gasteiger charge is 2.34. The van der Waals surface area contributed by atoms with Crippen LogP contribution >= 0.6 is 0 Å². The van der Waals surface area contributed by atoms with E-state index in [4.69, 9.17) is 0 Å². The second-order valence-electron chi connectivity index (χ2n) is 4.92. The van der Waals surface area contributed by atoms with E-state index in [0.717, 1.165) is 37.1 Å². The van der Waals surface area contributed by atoms with E-state index in [1.807, 2.05) is 19.9 Å². The molecule has 2 N–H and O–H groups in total. The highest BCUT2D eigenvalue weighted by atomic mass is 16.2. The van der Waals surface area contributed by atoms with Crippen LogP contribution in [0.2, 0.25) is 0 Å². The summed E-state index contributed by atoms with van der Waals surface area (Å²) in [6.45, 7) is 4.84. The van der Waals surface area contributed by atoms with Gasteiger partial charge in [0.25, 0.3) is 0 Å². The molecule has 1 fully saturated rings. The number of anilines is 1. The van der Waals surface area contributed by atoms with Crippen molar-refractivity contribution in [2.75, 3.05) is 11.9 Å². The van der Waals surface area contributed by atoms with Gasteiger partial charge < -0.3 is 10.6 Å². The Morgan fingerprint density at radius 2 is 2.29 bits per heavy atom. The number of carbonyl (C=O) groups is 1. The first-order valence-electron chi connectivity index (χ1n) is 6.08. The lowest BCUT2D eigenvalue weighted by Gasteiger charge is -2.33. The molecule has 1 aromatic rings. The fraction of sp³-hybridized carbons (Fsp3) is 0.538. The molecule has 1 amide bonds. The summed E-state index contributed by atoms with van der Waals surface area (Å²) in [6, 6.07) is 1.93. The molecule has 0 radical (unpaired) electrons. The van der Waals surface area contributed by atoms with Crippen LogP contribution in [0.25, 0.3) is 0 Å². The van der Waals surface area contributed by atoms with Crippen LogP contribution in [0, 0.1) is 6.92 Å². The minimum absolute atomic E-state index is 0.0320. The molecule has 4 heteroatoms. The van der Waals surface area contributed by atoms with Crippen LogP contribution in [-0.2, 0) is 4.79 Å². The summed E-state index contributed by atoms with van der Waals surface area (Å²) in [7, 11) is 0. The fourth-order valence-electron chi connectivity index (χ4n) is 2.14. The number of aryl methyl sites for hydroxylation is 1. The fourth-order valence-corrected chi connectivity index (χ4v) is 2.14. The average Bonchev–Trinajstić information content (AvgIpc) is 2.30. The van der Waals surface area contributed by atoms with Gasteiger partial charge in [-0.15, -0.1) is 0 Å². The summed E-state index contributed by atoms with van der Waals surface area (Å²) in [5, 5.41) is 6.23. The van der Waals surface area contributed by atoms with Crippen molar-refractivity contribution in [1.82, 2.24) is 10.3 Å². The zero-order chi connectivity index (χ0) is 12.3. The summed E-state index contributed by atoms with van der Waals surface area (Å²) < 4.78 is 0. The quantitative estimate of drug-likeness (QED) is 0.819. The number of piperidine rings is 1. The number of amides is 1. The van der Waals surface area contributed by atoms with Crippen molar-refractivity contribution < 1.29 is 4.79 Å². The molecule has 0 saturated carbocycles. The predicted molar refractivity (Wildman–Crippen MR) is 67.9 cm³/mol. The van der Waals surface area contributed by atoms with E-state index in [9.17, 15) is 4.79 Å². The third-order valence-electron chi connectivity index (χ3n) is 3.25. The van der Waals surface area contributed by atoms with E-state index in [2.05, 4.69) is 15.6 Å². The van der Waals surface area contributed by atoms with Crippen molar-refractivity contribution in [1.29, 1.82) is 0 Å². The van der Waals surface area contributed by atoms with Gasteiger partial charge in [0.15, 0.2) is 0 Å². The van der Waals surface area contributed by atoms with Crippen LogP contribution < -0.4 is 10.6 Å². The van der Waals surface area contributed by atoms with Gasteiger partial charge in [-0.1, -0.05) is 0 Å². The minimum Gasteiger partial charge on any atom is -0.323 e. The Bertz CT molecular complexity index is 411. The number of nitrogens with one attached hydrogen (secondary N) is 2. The monoisotopic (exact) mass is 233 g/mol. The smallest absolute Gasteiger partial charge is 0.244 e. The van der Waals surface area contributed by atoms with Gasteiger partial charge in [0.2, 0.25) is 5.91 Å². The Labute approximate surface area is 102 Å². The molecule has 17 heavy (non-hydrogen) atoms. The molecule has 2 heterocycles. The highest BCUT2D eigenvalue weighted by Crippen LogP contribution is 2.20. The van der Waals surface area contributed by atoms with Crippen LogP contribution in [0.4, 0.5) is 5.69 Å². The molecule has 1 aromatic heterocycles. The average molecular weight is 233 g/mol.